The Bertz CT molecular complexity index is 382. The molecule has 0 aromatic heterocycles. The Morgan fingerprint density at radius 3 is 2.56 bits per heavy atom. The van der Waals surface area contributed by atoms with E-state index < -0.39 is 18.0 Å². The molecule has 3 N–H and O–H groups in total. The Balaban J connectivity index is 2.78. The van der Waals surface area contributed by atoms with Crippen molar-refractivity contribution in [3.8, 4) is 5.75 Å². The normalized spacial score (nSPS) is 14.6. The van der Waals surface area contributed by atoms with E-state index in [-0.39, 0.29) is 0 Å². The molecule has 3 nitrogen and oxygen atoms in total. The van der Waals surface area contributed by atoms with Crippen molar-refractivity contribution in [2.75, 3.05) is 7.11 Å². The number of rotatable bonds is 6. The van der Waals surface area contributed by atoms with Crippen LogP contribution in [0.1, 0.15) is 38.3 Å². The molecule has 0 radical (unpaired) electrons. The Kier molecular flexibility index (Phi) is 5.56. The van der Waals surface area contributed by atoms with Crippen molar-refractivity contribution in [1.29, 1.82) is 0 Å². The molecule has 0 fully saturated rings. The van der Waals surface area contributed by atoms with Gasteiger partial charge in [-0.05, 0) is 37.0 Å². The highest BCUT2D eigenvalue weighted by Crippen LogP contribution is 2.25. The third kappa shape index (κ3) is 3.96. The number of hydrogen-bond acceptors (Lipinski definition) is 3. The van der Waals surface area contributed by atoms with Crippen LogP contribution in [0.5, 0.6) is 5.75 Å². The van der Waals surface area contributed by atoms with E-state index in [1.807, 2.05) is 0 Å². The average molecular weight is 255 g/mol. The van der Waals surface area contributed by atoms with Crippen molar-refractivity contribution >= 4 is 0 Å². The largest absolute Gasteiger partial charge is 0.497 e. The summed E-state index contributed by atoms with van der Waals surface area (Å²) in [7, 11) is 1.51. The Labute approximate surface area is 108 Å². The lowest BCUT2D eigenvalue weighted by molar-refractivity contribution is 0.126. The minimum absolute atomic E-state index is 0.297. The lowest BCUT2D eigenvalue weighted by Gasteiger charge is -2.21. The quantitative estimate of drug-likeness (QED) is 0.821. The van der Waals surface area contributed by atoms with Gasteiger partial charge in [-0.1, -0.05) is 13.8 Å². The van der Waals surface area contributed by atoms with E-state index in [4.69, 9.17) is 10.5 Å². The van der Waals surface area contributed by atoms with E-state index in [1.165, 1.54) is 19.2 Å². The summed E-state index contributed by atoms with van der Waals surface area (Å²) in [6, 6.07) is 3.66. The monoisotopic (exact) mass is 255 g/mol. The number of benzene rings is 1. The Morgan fingerprint density at radius 2 is 2.00 bits per heavy atom. The zero-order valence-corrected chi connectivity index (χ0v) is 11.2. The fraction of sp³-hybridized carbons (Fsp3) is 0.571. The second kappa shape index (κ2) is 6.71. The van der Waals surface area contributed by atoms with E-state index in [0.29, 0.717) is 23.7 Å². The van der Waals surface area contributed by atoms with Crippen LogP contribution in [0.25, 0.3) is 0 Å². The number of aliphatic hydroxyl groups excluding tert-OH is 1. The lowest BCUT2D eigenvalue weighted by atomic mass is 9.95. The standard InChI is InChI=1S/C14H22FNO2/c1-9(2)4-7-13(17)14(16)11-8-10(18-3)5-6-12(11)15/h5-6,8-9,13-14,17H,4,7,16H2,1-3H3/t13-,14+/m0/s1. The molecule has 0 aliphatic carbocycles. The molecule has 0 amide bonds. The van der Waals surface area contributed by atoms with E-state index in [0.717, 1.165) is 6.42 Å². The molecule has 0 spiro atoms. The smallest absolute Gasteiger partial charge is 0.128 e. The zero-order chi connectivity index (χ0) is 13.7. The molecule has 0 saturated heterocycles. The van der Waals surface area contributed by atoms with Gasteiger partial charge in [0.1, 0.15) is 11.6 Å². The molecule has 0 unspecified atom stereocenters. The first kappa shape index (κ1) is 14.9. The van der Waals surface area contributed by atoms with Crippen LogP contribution in [0.15, 0.2) is 18.2 Å². The van der Waals surface area contributed by atoms with Crippen molar-refractivity contribution in [1.82, 2.24) is 0 Å². The van der Waals surface area contributed by atoms with Gasteiger partial charge in [-0.3, -0.25) is 0 Å². The number of hydrogen-bond donors (Lipinski definition) is 2. The maximum atomic E-state index is 13.7. The van der Waals surface area contributed by atoms with Crippen molar-refractivity contribution in [3.05, 3.63) is 29.6 Å². The first-order chi connectivity index (χ1) is 8.45. The van der Waals surface area contributed by atoms with Crippen molar-refractivity contribution < 1.29 is 14.2 Å². The zero-order valence-electron chi connectivity index (χ0n) is 11.2. The minimum Gasteiger partial charge on any atom is -0.497 e. The predicted molar refractivity (Wildman–Crippen MR) is 70.0 cm³/mol. The van der Waals surface area contributed by atoms with Gasteiger partial charge in [0.25, 0.3) is 0 Å². The summed E-state index contributed by atoms with van der Waals surface area (Å²) in [6.45, 7) is 4.15. The van der Waals surface area contributed by atoms with Crippen LogP contribution in [0, 0.1) is 11.7 Å². The summed E-state index contributed by atoms with van der Waals surface area (Å²) >= 11 is 0. The second-order valence-corrected chi connectivity index (χ2v) is 4.95. The maximum absolute atomic E-state index is 13.7. The first-order valence-corrected chi connectivity index (χ1v) is 6.22. The third-order valence-corrected chi connectivity index (χ3v) is 3.02. The van der Waals surface area contributed by atoms with Gasteiger partial charge in [0.2, 0.25) is 0 Å². The first-order valence-electron chi connectivity index (χ1n) is 6.22. The number of halogens is 1. The van der Waals surface area contributed by atoms with E-state index in [9.17, 15) is 9.50 Å². The Hall–Kier alpha value is -1.13. The highest BCUT2D eigenvalue weighted by molar-refractivity contribution is 5.32. The van der Waals surface area contributed by atoms with Gasteiger partial charge in [0.15, 0.2) is 0 Å². The lowest BCUT2D eigenvalue weighted by Crippen LogP contribution is -2.27. The average Bonchev–Trinajstić information content (AvgIpc) is 2.35. The number of aliphatic hydroxyl groups is 1. The van der Waals surface area contributed by atoms with Gasteiger partial charge in [-0.2, -0.15) is 0 Å². The van der Waals surface area contributed by atoms with E-state index in [1.54, 1.807) is 6.07 Å². The van der Waals surface area contributed by atoms with Gasteiger partial charge in [0, 0.05) is 5.56 Å². The molecule has 1 rings (SSSR count). The molecular formula is C14H22FNO2. The summed E-state index contributed by atoms with van der Waals surface area (Å²) in [4.78, 5) is 0. The highest BCUT2D eigenvalue weighted by Gasteiger charge is 2.20. The van der Waals surface area contributed by atoms with E-state index >= 15 is 0 Å². The number of ether oxygens (including phenoxy) is 1. The van der Waals surface area contributed by atoms with Crippen molar-refractivity contribution in [2.24, 2.45) is 11.7 Å². The predicted octanol–water partition coefficient (Wildman–Crippen LogP) is 2.63. The molecule has 2 atom stereocenters. The summed E-state index contributed by atoms with van der Waals surface area (Å²) in [5.74, 6) is 0.617. The van der Waals surface area contributed by atoms with E-state index in [2.05, 4.69) is 13.8 Å². The molecular weight excluding hydrogens is 233 g/mol. The molecule has 0 aliphatic heterocycles. The molecule has 0 heterocycles. The van der Waals surface area contributed by atoms with Crippen LogP contribution in [0.2, 0.25) is 0 Å². The van der Waals surface area contributed by atoms with Crippen LogP contribution in [-0.4, -0.2) is 18.3 Å². The fourth-order valence-corrected chi connectivity index (χ4v) is 1.80. The Morgan fingerprint density at radius 1 is 1.33 bits per heavy atom. The van der Waals surface area contributed by atoms with Crippen LogP contribution in [0.3, 0.4) is 0 Å². The molecule has 0 aliphatic rings. The molecule has 0 saturated carbocycles. The van der Waals surface area contributed by atoms with Gasteiger partial charge < -0.3 is 15.6 Å². The second-order valence-electron chi connectivity index (χ2n) is 4.95. The molecule has 4 heteroatoms. The van der Waals surface area contributed by atoms with Crippen LogP contribution < -0.4 is 10.5 Å². The van der Waals surface area contributed by atoms with Gasteiger partial charge in [-0.15, -0.1) is 0 Å². The SMILES string of the molecule is COc1ccc(F)c([C@@H](N)[C@@H](O)CCC(C)C)c1. The number of nitrogens with two attached hydrogens (primary N) is 1. The van der Waals surface area contributed by atoms with Gasteiger partial charge in [-0.25, -0.2) is 4.39 Å². The minimum atomic E-state index is -0.742. The van der Waals surface area contributed by atoms with Crippen molar-refractivity contribution in [3.63, 3.8) is 0 Å². The molecule has 18 heavy (non-hydrogen) atoms. The fourth-order valence-electron chi connectivity index (χ4n) is 1.80. The van der Waals surface area contributed by atoms with Crippen LogP contribution in [-0.2, 0) is 0 Å². The molecule has 1 aromatic carbocycles. The number of methoxy groups -OCH3 is 1. The molecule has 0 bridgehead atoms. The van der Waals surface area contributed by atoms with Crippen LogP contribution in [0.4, 0.5) is 4.39 Å². The van der Waals surface area contributed by atoms with Gasteiger partial charge in [0.05, 0.1) is 19.3 Å². The van der Waals surface area contributed by atoms with Crippen molar-refractivity contribution in [2.45, 2.75) is 38.8 Å². The topological polar surface area (TPSA) is 55.5 Å². The summed E-state index contributed by atoms with van der Waals surface area (Å²) < 4.78 is 18.7. The maximum Gasteiger partial charge on any atom is 0.128 e. The molecule has 1 aromatic rings. The summed E-state index contributed by atoms with van der Waals surface area (Å²) in [6.07, 6.45) is 0.685. The summed E-state index contributed by atoms with van der Waals surface area (Å²) in [5.41, 5.74) is 6.20. The van der Waals surface area contributed by atoms with Gasteiger partial charge >= 0.3 is 0 Å². The third-order valence-electron chi connectivity index (χ3n) is 3.02. The highest BCUT2D eigenvalue weighted by atomic mass is 19.1. The van der Waals surface area contributed by atoms with Crippen LogP contribution >= 0.6 is 0 Å². The summed E-state index contributed by atoms with van der Waals surface area (Å²) in [5, 5.41) is 9.98. The molecule has 102 valence electrons.